The molecule has 2 aliphatic carbocycles. The number of esters is 1. The van der Waals surface area contributed by atoms with Gasteiger partial charge in [-0.15, -0.1) is 0 Å². The third-order valence-corrected chi connectivity index (χ3v) is 8.79. The van der Waals surface area contributed by atoms with Gasteiger partial charge in [0.2, 0.25) is 0 Å². The molecule has 1 spiro atoms. The van der Waals surface area contributed by atoms with Crippen LogP contribution in [0.1, 0.15) is 48.8 Å². The Bertz CT molecular complexity index is 1270. The van der Waals surface area contributed by atoms with Crippen LogP contribution in [0.15, 0.2) is 78.9 Å². The summed E-state index contributed by atoms with van der Waals surface area (Å²) in [6, 6.07) is 25.3. The van der Waals surface area contributed by atoms with Crippen LogP contribution >= 0.6 is 0 Å². The van der Waals surface area contributed by atoms with E-state index in [-0.39, 0.29) is 17.3 Å². The molecule has 172 valence electrons. The summed E-state index contributed by atoms with van der Waals surface area (Å²) in [4.78, 5) is 14.0. The van der Waals surface area contributed by atoms with Crippen LogP contribution in [-0.4, -0.2) is 19.7 Å². The topological polar surface area (TPSA) is 35.5 Å². The monoisotopic (exact) mass is 450 g/mol. The van der Waals surface area contributed by atoms with Gasteiger partial charge in [-0.25, -0.2) is 0 Å². The van der Waals surface area contributed by atoms with E-state index in [0.717, 1.165) is 36.1 Å². The molecule has 2 fully saturated rings. The molecule has 0 N–H and O–H groups in total. The standard InChI is InChI=1S/C31H30O3/c1-21-28-26-12-4-3-10-24(26)25-11-5-6-13-27(25)31(28)29(32)34-20-8-19-30(21,31)18-7-9-22-14-16-23(33-2)17-15-22/h3-7,9-17,21,28H,8,18-20H2,1-2H3/b9-7+/t21-,28-,30+,31+/m1/s1. The lowest BCUT2D eigenvalue weighted by atomic mass is 9.32. The van der Waals surface area contributed by atoms with Crippen LogP contribution in [0.2, 0.25) is 0 Å². The van der Waals surface area contributed by atoms with Crippen molar-refractivity contribution in [2.45, 2.75) is 37.5 Å². The second-order valence-corrected chi connectivity index (χ2v) is 9.98. The molecule has 1 heterocycles. The lowest BCUT2D eigenvalue weighted by molar-refractivity contribution is -0.177. The van der Waals surface area contributed by atoms with E-state index in [2.05, 4.69) is 79.7 Å². The first kappa shape index (κ1) is 21.2. The first-order chi connectivity index (χ1) is 16.6. The summed E-state index contributed by atoms with van der Waals surface area (Å²) in [6.45, 7) is 2.86. The van der Waals surface area contributed by atoms with Crippen molar-refractivity contribution in [3.05, 3.63) is 95.6 Å². The van der Waals surface area contributed by atoms with Crippen molar-refractivity contribution in [1.82, 2.24) is 0 Å². The molecule has 0 radical (unpaired) electrons. The third kappa shape index (κ3) is 2.67. The lowest BCUT2D eigenvalue weighted by Crippen LogP contribution is -2.70. The van der Waals surface area contributed by atoms with Crippen molar-refractivity contribution in [1.29, 1.82) is 0 Å². The van der Waals surface area contributed by atoms with E-state index < -0.39 is 5.41 Å². The van der Waals surface area contributed by atoms with Gasteiger partial charge in [-0.1, -0.05) is 79.7 Å². The summed E-state index contributed by atoms with van der Waals surface area (Å²) in [7, 11) is 1.68. The summed E-state index contributed by atoms with van der Waals surface area (Å²) in [6.07, 6.45) is 7.20. The number of hydrogen-bond donors (Lipinski definition) is 0. The largest absolute Gasteiger partial charge is 0.497 e. The van der Waals surface area contributed by atoms with Gasteiger partial charge >= 0.3 is 5.97 Å². The summed E-state index contributed by atoms with van der Waals surface area (Å²) in [5.74, 6) is 1.33. The normalized spacial score (nSPS) is 29.1. The van der Waals surface area contributed by atoms with Gasteiger partial charge in [-0.3, -0.25) is 4.79 Å². The molecular weight excluding hydrogens is 420 g/mol. The highest BCUT2D eigenvalue weighted by molar-refractivity contribution is 5.95. The van der Waals surface area contributed by atoms with Crippen LogP contribution in [0.5, 0.6) is 5.75 Å². The van der Waals surface area contributed by atoms with E-state index in [4.69, 9.17) is 9.47 Å². The highest BCUT2D eigenvalue weighted by atomic mass is 16.5. The van der Waals surface area contributed by atoms with Crippen LogP contribution < -0.4 is 4.74 Å². The molecule has 3 nitrogen and oxygen atoms in total. The van der Waals surface area contributed by atoms with E-state index in [1.807, 2.05) is 12.1 Å². The Hall–Kier alpha value is -3.33. The molecule has 3 aromatic carbocycles. The molecule has 34 heavy (non-hydrogen) atoms. The molecule has 0 unspecified atom stereocenters. The maximum absolute atomic E-state index is 14.0. The molecule has 1 saturated heterocycles. The van der Waals surface area contributed by atoms with Gasteiger partial charge in [0.05, 0.1) is 13.7 Å². The molecule has 6 rings (SSSR count). The fraction of sp³-hybridized carbons (Fsp3) is 0.323. The molecule has 0 amide bonds. The van der Waals surface area contributed by atoms with Crippen molar-refractivity contribution in [2.75, 3.05) is 13.7 Å². The van der Waals surface area contributed by atoms with Gasteiger partial charge in [0.25, 0.3) is 0 Å². The maximum atomic E-state index is 14.0. The molecule has 3 heteroatoms. The van der Waals surface area contributed by atoms with Crippen LogP contribution in [-0.2, 0) is 14.9 Å². The smallest absolute Gasteiger partial charge is 0.317 e. The Morgan fingerprint density at radius 3 is 2.53 bits per heavy atom. The van der Waals surface area contributed by atoms with E-state index >= 15 is 0 Å². The minimum atomic E-state index is -0.641. The summed E-state index contributed by atoms with van der Waals surface area (Å²) in [5.41, 5.74) is 5.23. The minimum Gasteiger partial charge on any atom is -0.497 e. The molecule has 1 saturated carbocycles. The number of methoxy groups -OCH3 is 1. The first-order valence-electron chi connectivity index (χ1n) is 12.3. The predicted molar refractivity (Wildman–Crippen MR) is 135 cm³/mol. The van der Waals surface area contributed by atoms with E-state index in [1.54, 1.807) is 7.11 Å². The average molecular weight is 451 g/mol. The van der Waals surface area contributed by atoms with E-state index in [0.29, 0.717) is 12.5 Å². The summed E-state index contributed by atoms with van der Waals surface area (Å²) in [5, 5.41) is 0. The Morgan fingerprint density at radius 2 is 1.74 bits per heavy atom. The van der Waals surface area contributed by atoms with Crippen molar-refractivity contribution >= 4 is 12.0 Å². The van der Waals surface area contributed by atoms with Crippen LogP contribution in [0.25, 0.3) is 17.2 Å². The zero-order valence-electron chi connectivity index (χ0n) is 19.8. The Balaban J connectivity index is 1.48. The number of carbonyl (C=O) groups is 1. The van der Waals surface area contributed by atoms with Crippen LogP contribution in [0.4, 0.5) is 0 Å². The number of benzene rings is 3. The van der Waals surface area contributed by atoms with Gasteiger partial charge < -0.3 is 9.47 Å². The zero-order valence-corrected chi connectivity index (χ0v) is 19.8. The number of hydrogen-bond acceptors (Lipinski definition) is 3. The first-order valence-corrected chi connectivity index (χ1v) is 12.3. The highest BCUT2D eigenvalue weighted by Gasteiger charge is 2.76. The maximum Gasteiger partial charge on any atom is 0.317 e. The third-order valence-electron chi connectivity index (χ3n) is 8.79. The molecule has 3 aromatic rings. The van der Waals surface area contributed by atoms with Gasteiger partial charge in [0.15, 0.2) is 0 Å². The summed E-state index contributed by atoms with van der Waals surface area (Å²) >= 11 is 0. The number of ether oxygens (including phenoxy) is 2. The van der Waals surface area contributed by atoms with Crippen LogP contribution in [0.3, 0.4) is 0 Å². The van der Waals surface area contributed by atoms with Crippen molar-refractivity contribution < 1.29 is 14.3 Å². The Morgan fingerprint density at radius 1 is 1.00 bits per heavy atom. The fourth-order valence-electron chi connectivity index (χ4n) is 7.38. The Kier molecular flexibility index (Phi) is 4.91. The molecule has 0 bridgehead atoms. The Labute approximate surface area is 201 Å². The van der Waals surface area contributed by atoms with Crippen LogP contribution in [0, 0.1) is 11.3 Å². The van der Waals surface area contributed by atoms with Gasteiger partial charge in [-0.05, 0) is 70.5 Å². The second-order valence-electron chi connectivity index (χ2n) is 9.98. The molecule has 1 aliphatic heterocycles. The lowest BCUT2D eigenvalue weighted by Gasteiger charge is -2.69. The van der Waals surface area contributed by atoms with E-state index in [1.165, 1.54) is 16.7 Å². The molecular formula is C31H30O3. The molecule has 0 aromatic heterocycles. The number of carbonyl (C=O) groups excluding carboxylic acids is 1. The second kappa shape index (κ2) is 7.87. The van der Waals surface area contributed by atoms with Gasteiger partial charge in [0, 0.05) is 5.92 Å². The quantitative estimate of drug-likeness (QED) is 0.411. The van der Waals surface area contributed by atoms with Gasteiger partial charge in [-0.2, -0.15) is 0 Å². The SMILES string of the molecule is COc1ccc(/C=C/C[C@@]23CCCOC(=O)[C@@]24c2ccccc2-c2ccccc2[C@H]4[C@H]3C)cc1. The number of cyclic esters (lactones) is 1. The fourth-order valence-corrected chi connectivity index (χ4v) is 7.38. The molecule has 4 atom stereocenters. The zero-order chi connectivity index (χ0) is 23.3. The number of rotatable bonds is 4. The van der Waals surface area contributed by atoms with Crippen molar-refractivity contribution in [2.24, 2.45) is 11.3 Å². The summed E-state index contributed by atoms with van der Waals surface area (Å²) < 4.78 is 11.2. The average Bonchev–Trinajstić information content (AvgIpc) is 3.00. The van der Waals surface area contributed by atoms with Crippen molar-refractivity contribution in [3.8, 4) is 16.9 Å². The van der Waals surface area contributed by atoms with E-state index in [9.17, 15) is 4.79 Å². The number of allylic oxidation sites excluding steroid dienone is 1. The minimum absolute atomic E-state index is 0.0344. The van der Waals surface area contributed by atoms with Crippen molar-refractivity contribution in [3.63, 3.8) is 0 Å². The molecule has 3 aliphatic rings. The van der Waals surface area contributed by atoms with Gasteiger partial charge in [0.1, 0.15) is 11.2 Å². The highest BCUT2D eigenvalue weighted by Crippen LogP contribution is 2.76. The predicted octanol–water partition coefficient (Wildman–Crippen LogP) is 6.77. The number of fused-ring (bicyclic) bond motifs is 4.